The fourth-order valence-corrected chi connectivity index (χ4v) is 5.21. The summed E-state index contributed by atoms with van der Waals surface area (Å²) >= 11 is 12.3. The van der Waals surface area contributed by atoms with Crippen LogP contribution in [-0.4, -0.2) is 27.0 Å². The first-order valence-electron chi connectivity index (χ1n) is 12.4. The van der Waals surface area contributed by atoms with Crippen molar-refractivity contribution < 1.29 is 23.1 Å². The summed E-state index contributed by atoms with van der Waals surface area (Å²) < 4.78 is 37.1. The minimum Gasteiger partial charge on any atom is -0.460 e. The number of nitrogens with two attached hydrogens (primary N) is 1. The quantitative estimate of drug-likeness (QED) is 0.322. The van der Waals surface area contributed by atoms with Crippen LogP contribution in [0.1, 0.15) is 80.7 Å². The molecule has 0 spiro atoms. The highest BCUT2D eigenvalue weighted by Gasteiger charge is 2.32. The number of rotatable bonds is 6. The Balaban J connectivity index is 2.04. The van der Waals surface area contributed by atoms with Crippen molar-refractivity contribution in [1.82, 2.24) is 9.55 Å². The summed E-state index contributed by atoms with van der Waals surface area (Å²) in [4.78, 5) is 30.1. The fraction of sp³-hybridized carbons (Fsp3) is 0.393. The number of aromatic nitrogens is 2. The lowest BCUT2D eigenvalue weighted by Gasteiger charge is -2.25. The number of hydrogen-bond donors (Lipinski definition) is 1. The molecule has 38 heavy (non-hydrogen) atoms. The highest BCUT2D eigenvalue weighted by Crippen LogP contribution is 2.41. The second kappa shape index (κ2) is 11.0. The molecule has 1 aliphatic carbocycles. The van der Waals surface area contributed by atoms with Crippen molar-refractivity contribution in [3.05, 3.63) is 69.1 Å². The number of carbonyl (C=O) groups excluding carboxylic acids is 2. The Morgan fingerprint density at radius 1 is 1.08 bits per heavy atom. The van der Waals surface area contributed by atoms with Crippen LogP contribution in [0.2, 0.25) is 10.0 Å². The number of hydrogen-bond acceptors (Lipinski definition) is 4. The van der Waals surface area contributed by atoms with Crippen molar-refractivity contribution >= 4 is 35.1 Å². The molecule has 6 nitrogen and oxygen atoms in total. The summed E-state index contributed by atoms with van der Waals surface area (Å²) in [5.74, 6) is -2.56. The second-order valence-corrected chi connectivity index (χ2v) is 11.3. The van der Waals surface area contributed by atoms with E-state index >= 15 is 4.39 Å². The van der Waals surface area contributed by atoms with E-state index in [-0.39, 0.29) is 45.0 Å². The summed E-state index contributed by atoms with van der Waals surface area (Å²) in [5, 5.41) is -0.370. The first-order valence-corrected chi connectivity index (χ1v) is 13.2. The van der Waals surface area contributed by atoms with Crippen molar-refractivity contribution in [2.45, 2.75) is 70.8 Å². The van der Waals surface area contributed by atoms with Gasteiger partial charge in [0.15, 0.2) is 11.5 Å². The summed E-state index contributed by atoms with van der Waals surface area (Å²) in [7, 11) is 0. The number of nitrogens with zero attached hydrogens (tertiary/aromatic N) is 2. The van der Waals surface area contributed by atoms with Gasteiger partial charge in [-0.25, -0.2) is 13.8 Å². The van der Waals surface area contributed by atoms with E-state index in [0.29, 0.717) is 11.4 Å². The second-order valence-electron chi connectivity index (χ2n) is 10.5. The van der Waals surface area contributed by atoms with Gasteiger partial charge in [-0.15, -0.1) is 0 Å². The van der Waals surface area contributed by atoms with E-state index in [9.17, 15) is 14.0 Å². The summed E-state index contributed by atoms with van der Waals surface area (Å²) in [6.07, 6.45) is 4.19. The van der Waals surface area contributed by atoms with Gasteiger partial charge in [-0.1, -0.05) is 48.5 Å². The first-order chi connectivity index (χ1) is 17.9. The molecular weight excluding hydrogens is 535 g/mol. The Bertz CT molecular complexity index is 1390. The smallest absolute Gasteiger partial charge is 0.310 e. The predicted molar refractivity (Wildman–Crippen MR) is 143 cm³/mol. The van der Waals surface area contributed by atoms with E-state index in [0.717, 1.165) is 38.2 Å². The van der Waals surface area contributed by atoms with Gasteiger partial charge in [-0.3, -0.25) is 14.2 Å². The molecule has 0 saturated heterocycles. The largest absolute Gasteiger partial charge is 0.460 e. The van der Waals surface area contributed by atoms with Crippen LogP contribution in [0.4, 0.5) is 8.78 Å². The average molecular weight is 564 g/mol. The summed E-state index contributed by atoms with van der Waals surface area (Å²) in [6, 6.07) is 6.80. The predicted octanol–water partition coefficient (Wildman–Crippen LogP) is 7.16. The number of imidazole rings is 1. The fourth-order valence-electron chi connectivity index (χ4n) is 4.88. The Labute approximate surface area is 230 Å². The molecule has 1 heterocycles. The van der Waals surface area contributed by atoms with Crippen molar-refractivity contribution in [1.29, 1.82) is 0 Å². The molecule has 4 rings (SSSR count). The van der Waals surface area contributed by atoms with E-state index in [1.54, 1.807) is 26.8 Å². The third-order valence-corrected chi connectivity index (χ3v) is 7.01. The maximum absolute atomic E-state index is 16.0. The van der Waals surface area contributed by atoms with Gasteiger partial charge in [0, 0.05) is 11.5 Å². The molecule has 202 valence electrons. The van der Waals surface area contributed by atoms with E-state index in [2.05, 4.69) is 4.98 Å². The number of amides is 1. The highest BCUT2D eigenvalue weighted by molar-refractivity contribution is 6.31. The normalized spacial score (nSPS) is 14.5. The lowest BCUT2D eigenvalue weighted by atomic mass is 9.88. The maximum Gasteiger partial charge on any atom is 0.310 e. The van der Waals surface area contributed by atoms with E-state index in [1.165, 1.54) is 22.8 Å². The first kappa shape index (κ1) is 28.0. The zero-order valence-electron chi connectivity index (χ0n) is 21.4. The average Bonchev–Trinajstić information content (AvgIpc) is 3.23. The minimum absolute atomic E-state index is 0.0422. The lowest BCUT2D eigenvalue weighted by molar-refractivity contribution is -0.153. The van der Waals surface area contributed by atoms with Crippen LogP contribution in [0.15, 0.2) is 30.3 Å². The van der Waals surface area contributed by atoms with Crippen molar-refractivity contribution in [3.8, 4) is 16.9 Å². The molecule has 2 N–H and O–H groups in total. The molecule has 1 aliphatic rings. The Kier molecular flexibility index (Phi) is 8.14. The van der Waals surface area contributed by atoms with Gasteiger partial charge in [-0.05, 0) is 63.4 Å². The van der Waals surface area contributed by atoms with Crippen molar-refractivity contribution in [2.75, 3.05) is 0 Å². The Hall–Kier alpha value is -2.97. The molecule has 10 heteroatoms. The van der Waals surface area contributed by atoms with Crippen LogP contribution in [0.5, 0.6) is 0 Å². The molecule has 0 unspecified atom stereocenters. The molecule has 2 aromatic carbocycles. The van der Waals surface area contributed by atoms with E-state index in [1.807, 2.05) is 0 Å². The van der Waals surface area contributed by atoms with Crippen LogP contribution in [0, 0.1) is 11.6 Å². The molecule has 3 aromatic rings. The van der Waals surface area contributed by atoms with Gasteiger partial charge >= 0.3 is 5.97 Å². The highest BCUT2D eigenvalue weighted by atomic mass is 35.5. The van der Waals surface area contributed by atoms with E-state index < -0.39 is 29.1 Å². The molecule has 1 aromatic heterocycles. The maximum atomic E-state index is 16.0. The zero-order chi connectivity index (χ0) is 27.8. The third kappa shape index (κ3) is 5.86. The number of ether oxygens (including phenoxy) is 1. The third-order valence-electron chi connectivity index (χ3n) is 6.43. The Morgan fingerprint density at radius 3 is 2.37 bits per heavy atom. The number of benzene rings is 2. The molecule has 1 amide bonds. The molecule has 0 atom stereocenters. The number of carbonyl (C=O) groups is 2. The molecule has 0 aliphatic heterocycles. The van der Waals surface area contributed by atoms with Crippen LogP contribution >= 0.6 is 23.2 Å². The summed E-state index contributed by atoms with van der Waals surface area (Å²) in [6.45, 7) is 5.21. The number of esters is 1. The minimum atomic E-state index is -0.840. The van der Waals surface area contributed by atoms with Gasteiger partial charge in [0.25, 0.3) is 5.91 Å². The molecule has 1 fully saturated rings. The van der Waals surface area contributed by atoms with Crippen LogP contribution in [0.3, 0.4) is 0 Å². The van der Waals surface area contributed by atoms with Crippen molar-refractivity contribution in [3.63, 3.8) is 0 Å². The standard InChI is InChI=1S/C28H29Cl2F2N3O3/c1-28(2,3)38-21(36)14-17-9-11-18(29)22(32)24(17)35-25(16-10-12-20(31)19(30)13-16)23(26(33)37)34-27(35)15-7-5-4-6-8-15/h9-13,15H,4-8,14H2,1-3H3,(H2,33,37). The topological polar surface area (TPSA) is 87.2 Å². The van der Waals surface area contributed by atoms with Gasteiger partial charge in [0.2, 0.25) is 0 Å². The lowest BCUT2D eigenvalue weighted by Crippen LogP contribution is -2.25. The van der Waals surface area contributed by atoms with Gasteiger partial charge in [-0.2, -0.15) is 0 Å². The van der Waals surface area contributed by atoms with Crippen molar-refractivity contribution in [2.24, 2.45) is 5.73 Å². The van der Waals surface area contributed by atoms with Gasteiger partial charge in [0.05, 0.1) is 27.8 Å². The molecule has 0 radical (unpaired) electrons. The molecule has 0 bridgehead atoms. The SMILES string of the molecule is CC(C)(C)OC(=O)Cc1ccc(Cl)c(F)c1-n1c(C2CCCCC2)nc(C(N)=O)c1-c1ccc(F)c(Cl)c1. The van der Waals surface area contributed by atoms with E-state index in [4.69, 9.17) is 33.7 Å². The van der Waals surface area contributed by atoms with Gasteiger partial charge < -0.3 is 10.5 Å². The monoisotopic (exact) mass is 563 g/mol. The Morgan fingerprint density at radius 2 is 1.76 bits per heavy atom. The summed E-state index contributed by atoms with van der Waals surface area (Å²) in [5.41, 5.74) is 5.57. The van der Waals surface area contributed by atoms with Crippen LogP contribution < -0.4 is 5.73 Å². The number of primary amides is 1. The molecular formula is C28H29Cl2F2N3O3. The zero-order valence-corrected chi connectivity index (χ0v) is 22.9. The van der Waals surface area contributed by atoms with Crippen LogP contribution in [0.25, 0.3) is 16.9 Å². The van der Waals surface area contributed by atoms with Gasteiger partial charge in [0.1, 0.15) is 17.2 Å². The van der Waals surface area contributed by atoms with Crippen LogP contribution in [-0.2, 0) is 16.0 Å². The number of halogens is 4. The molecule has 1 saturated carbocycles.